The average molecular weight is 300 g/mol. The van der Waals surface area contributed by atoms with Crippen LogP contribution in [0.25, 0.3) is 0 Å². The van der Waals surface area contributed by atoms with E-state index in [0.29, 0.717) is 11.7 Å². The van der Waals surface area contributed by atoms with E-state index < -0.39 is 0 Å². The molecule has 2 aromatic rings. The third kappa shape index (κ3) is 3.43. The number of nitrogens with one attached hydrogen (secondary N) is 1. The zero-order chi connectivity index (χ0) is 15.4. The molecule has 22 heavy (non-hydrogen) atoms. The van der Waals surface area contributed by atoms with E-state index in [1.54, 1.807) is 13.2 Å². The first kappa shape index (κ1) is 14.5. The molecule has 7 heteroatoms. The Labute approximate surface area is 129 Å². The number of aromatic nitrogens is 3. The van der Waals surface area contributed by atoms with Crippen LogP contribution in [0.3, 0.4) is 0 Å². The number of anilines is 3. The fourth-order valence-corrected chi connectivity index (χ4v) is 2.33. The summed E-state index contributed by atoms with van der Waals surface area (Å²) in [7, 11) is 3.71. The second-order valence-corrected chi connectivity index (χ2v) is 5.28. The summed E-state index contributed by atoms with van der Waals surface area (Å²) < 4.78 is 4.99. The van der Waals surface area contributed by atoms with Crippen molar-refractivity contribution in [1.29, 1.82) is 0 Å². The normalized spacial score (nSPS) is 15.6. The van der Waals surface area contributed by atoms with Crippen molar-refractivity contribution in [2.75, 3.05) is 50.6 Å². The van der Waals surface area contributed by atoms with E-state index in [2.05, 4.69) is 37.3 Å². The predicted octanol–water partition coefficient (Wildman–Crippen LogP) is 1.38. The number of likely N-dealkylation sites (N-methyl/N-ethyl adjacent to an activating group) is 1. The van der Waals surface area contributed by atoms with Crippen molar-refractivity contribution in [2.24, 2.45) is 0 Å². The van der Waals surface area contributed by atoms with Crippen LogP contribution >= 0.6 is 0 Å². The lowest BCUT2D eigenvalue weighted by Crippen LogP contribution is -2.44. The molecule has 0 amide bonds. The molecule has 7 nitrogen and oxygen atoms in total. The Bertz CT molecular complexity index is 592. The lowest BCUT2D eigenvalue weighted by atomic mass is 10.3. The van der Waals surface area contributed by atoms with E-state index in [9.17, 15) is 0 Å². The lowest BCUT2D eigenvalue weighted by molar-refractivity contribution is 0.312. The van der Waals surface area contributed by atoms with E-state index in [0.717, 1.165) is 37.7 Å². The topological polar surface area (TPSA) is 66.4 Å². The highest BCUT2D eigenvalue weighted by atomic mass is 16.5. The van der Waals surface area contributed by atoms with Crippen LogP contribution in [0.5, 0.6) is 5.88 Å². The Hall–Kier alpha value is -2.41. The number of methoxy groups -OCH3 is 1. The minimum absolute atomic E-state index is 0.495. The Morgan fingerprint density at radius 3 is 2.45 bits per heavy atom. The minimum Gasteiger partial charge on any atom is -0.480 e. The lowest BCUT2D eigenvalue weighted by Gasteiger charge is -2.33. The Morgan fingerprint density at radius 2 is 1.86 bits per heavy atom. The van der Waals surface area contributed by atoms with Gasteiger partial charge in [0.25, 0.3) is 0 Å². The zero-order valence-corrected chi connectivity index (χ0v) is 12.9. The van der Waals surface area contributed by atoms with E-state index in [-0.39, 0.29) is 0 Å². The van der Waals surface area contributed by atoms with Crippen molar-refractivity contribution in [3.63, 3.8) is 0 Å². The van der Waals surface area contributed by atoms with Crippen molar-refractivity contribution in [1.82, 2.24) is 20.1 Å². The summed E-state index contributed by atoms with van der Waals surface area (Å²) in [4.78, 5) is 9.16. The summed E-state index contributed by atoms with van der Waals surface area (Å²) in [5.74, 6) is 2.17. The maximum atomic E-state index is 4.99. The largest absolute Gasteiger partial charge is 0.480 e. The van der Waals surface area contributed by atoms with Gasteiger partial charge in [-0.15, -0.1) is 10.2 Å². The van der Waals surface area contributed by atoms with Gasteiger partial charge >= 0.3 is 0 Å². The number of pyridine rings is 1. The van der Waals surface area contributed by atoms with Crippen molar-refractivity contribution >= 4 is 17.3 Å². The Balaban J connectivity index is 1.63. The van der Waals surface area contributed by atoms with Crippen LogP contribution < -0.4 is 15.0 Å². The molecule has 1 aliphatic rings. The average Bonchev–Trinajstić information content (AvgIpc) is 2.57. The van der Waals surface area contributed by atoms with Gasteiger partial charge in [-0.1, -0.05) is 0 Å². The van der Waals surface area contributed by atoms with Crippen LogP contribution in [0.15, 0.2) is 30.5 Å². The van der Waals surface area contributed by atoms with Gasteiger partial charge in [-0.2, -0.15) is 0 Å². The summed E-state index contributed by atoms with van der Waals surface area (Å²) in [6.07, 6.45) is 1.82. The first-order valence-corrected chi connectivity index (χ1v) is 7.29. The molecule has 3 heterocycles. The number of nitrogens with zero attached hydrogens (tertiary/aromatic N) is 5. The molecule has 0 saturated carbocycles. The fourth-order valence-electron chi connectivity index (χ4n) is 2.33. The molecule has 0 radical (unpaired) electrons. The second-order valence-electron chi connectivity index (χ2n) is 5.28. The smallest absolute Gasteiger partial charge is 0.233 e. The highest BCUT2D eigenvalue weighted by Gasteiger charge is 2.14. The van der Waals surface area contributed by atoms with E-state index in [1.165, 1.54) is 0 Å². The summed E-state index contributed by atoms with van der Waals surface area (Å²) in [5, 5.41) is 11.1. The molecule has 1 N–H and O–H groups in total. The number of piperazine rings is 1. The third-order valence-corrected chi connectivity index (χ3v) is 3.70. The molecule has 1 fully saturated rings. The van der Waals surface area contributed by atoms with Gasteiger partial charge in [-0.25, -0.2) is 4.98 Å². The molecule has 0 aromatic carbocycles. The number of rotatable bonds is 4. The van der Waals surface area contributed by atoms with Gasteiger partial charge in [0, 0.05) is 32.2 Å². The van der Waals surface area contributed by atoms with E-state index in [1.807, 2.05) is 24.4 Å². The molecule has 0 atom stereocenters. The molecule has 0 unspecified atom stereocenters. The molecule has 0 aliphatic carbocycles. The van der Waals surface area contributed by atoms with Crippen LogP contribution in [0.2, 0.25) is 0 Å². The molecule has 0 bridgehead atoms. The molecule has 3 rings (SSSR count). The van der Waals surface area contributed by atoms with Gasteiger partial charge in [0.1, 0.15) is 5.82 Å². The first-order valence-electron chi connectivity index (χ1n) is 7.29. The van der Waals surface area contributed by atoms with Crippen LogP contribution in [0.4, 0.5) is 17.3 Å². The number of hydrogen-bond donors (Lipinski definition) is 1. The van der Waals surface area contributed by atoms with Gasteiger partial charge in [-0.3, -0.25) is 0 Å². The molecule has 1 aliphatic heterocycles. The van der Waals surface area contributed by atoms with Crippen LogP contribution in [0, 0.1) is 0 Å². The van der Waals surface area contributed by atoms with Gasteiger partial charge in [-0.05, 0) is 25.2 Å². The van der Waals surface area contributed by atoms with Crippen molar-refractivity contribution in [2.45, 2.75) is 0 Å². The predicted molar refractivity (Wildman–Crippen MR) is 85.8 cm³/mol. The maximum Gasteiger partial charge on any atom is 0.233 e. The molecular formula is C15H20N6O. The summed E-state index contributed by atoms with van der Waals surface area (Å²) >= 11 is 0. The third-order valence-electron chi connectivity index (χ3n) is 3.70. The quantitative estimate of drug-likeness (QED) is 0.915. The maximum absolute atomic E-state index is 4.99. The zero-order valence-electron chi connectivity index (χ0n) is 12.9. The second kappa shape index (κ2) is 6.57. The summed E-state index contributed by atoms with van der Waals surface area (Å²) in [6.45, 7) is 4.17. The van der Waals surface area contributed by atoms with Gasteiger partial charge in [0.2, 0.25) is 5.88 Å². The summed E-state index contributed by atoms with van der Waals surface area (Å²) in [5.41, 5.74) is 0.886. The fraction of sp³-hybridized carbons (Fsp3) is 0.400. The van der Waals surface area contributed by atoms with Gasteiger partial charge < -0.3 is 19.9 Å². The minimum atomic E-state index is 0.495. The number of ether oxygens (including phenoxy) is 1. The molecular weight excluding hydrogens is 280 g/mol. The molecule has 0 spiro atoms. The van der Waals surface area contributed by atoms with Crippen molar-refractivity contribution < 1.29 is 4.74 Å². The summed E-state index contributed by atoms with van der Waals surface area (Å²) in [6, 6.07) is 7.62. The van der Waals surface area contributed by atoms with Crippen LogP contribution in [0.1, 0.15) is 0 Å². The van der Waals surface area contributed by atoms with Gasteiger partial charge in [0.15, 0.2) is 5.82 Å². The highest BCUT2D eigenvalue weighted by molar-refractivity contribution is 5.57. The first-order chi connectivity index (χ1) is 10.7. The monoisotopic (exact) mass is 300 g/mol. The van der Waals surface area contributed by atoms with Crippen LogP contribution in [-0.4, -0.2) is 60.4 Å². The number of hydrogen-bond acceptors (Lipinski definition) is 7. The van der Waals surface area contributed by atoms with E-state index in [4.69, 9.17) is 4.74 Å². The molecule has 2 aromatic heterocycles. The SMILES string of the molecule is COc1ccc(Nc2ccc(N3CCN(C)CC3)nc2)nn1. The molecule has 1 saturated heterocycles. The van der Waals surface area contributed by atoms with Crippen molar-refractivity contribution in [3.8, 4) is 5.88 Å². The molecule has 116 valence electrons. The van der Waals surface area contributed by atoms with Crippen molar-refractivity contribution in [3.05, 3.63) is 30.5 Å². The standard InChI is InChI=1S/C15H20N6O/c1-20-7-9-21(10-8-20)14-5-3-12(11-16-14)17-13-4-6-15(22-2)19-18-13/h3-6,11H,7-10H2,1-2H3,(H,17,18). The Morgan fingerprint density at radius 1 is 1.05 bits per heavy atom. The highest BCUT2D eigenvalue weighted by Crippen LogP contribution is 2.18. The van der Waals surface area contributed by atoms with E-state index >= 15 is 0 Å². The van der Waals surface area contributed by atoms with Gasteiger partial charge in [0.05, 0.1) is 19.0 Å². The van der Waals surface area contributed by atoms with Crippen LogP contribution in [-0.2, 0) is 0 Å². The Kier molecular flexibility index (Phi) is 4.34.